The van der Waals surface area contributed by atoms with Crippen molar-refractivity contribution in [2.75, 3.05) is 14.2 Å². The molecule has 1 aromatic heterocycles. The predicted molar refractivity (Wildman–Crippen MR) is 101 cm³/mol. The first-order chi connectivity index (χ1) is 12.7. The summed E-state index contributed by atoms with van der Waals surface area (Å²) in [5, 5.41) is 2.96. The predicted octanol–water partition coefficient (Wildman–Crippen LogP) is 3.48. The van der Waals surface area contributed by atoms with Crippen LogP contribution in [0.25, 0.3) is 0 Å². The highest BCUT2D eigenvalue weighted by Crippen LogP contribution is 2.23. The van der Waals surface area contributed by atoms with Crippen molar-refractivity contribution in [3.05, 3.63) is 83.7 Å². The van der Waals surface area contributed by atoms with Crippen LogP contribution in [0, 0.1) is 0 Å². The van der Waals surface area contributed by atoms with E-state index in [1.165, 1.54) is 0 Å². The number of ether oxygens (including phenoxy) is 2. The molecule has 0 aliphatic carbocycles. The van der Waals surface area contributed by atoms with E-state index in [1.807, 2.05) is 71.4 Å². The number of hydrogen-bond donors (Lipinski definition) is 1. The molecule has 1 amide bonds. The van der Waals surface area contributed by atoms with Crippen molar-refractivity contribution in [3.8, 4) is 11.5 Å². The normalized spacial score (nSPS) is 10.4. The second kappa shape index (κ2) is 8.25. The van der Waals surface area contributed by atoms with Crippen LogP contribution < -0.4 is 14.8 Å². The lowest BCUT2D eigenvalue weighted by molar-refractivity contribution is 0.0942. The van der Waals surface area contributed by atoms with Crippen molar-refractivity contribution in [3.63, 3.8) is 0 Å². The highest BCUT2D eigenvalue weighted by Gasteiger charge is 2.12. The summed E-state index contributed by atoms with van der Waals surface area (Å²) >= 11 is 0. The van der Waals surface area contributed by atoms with Crippen molar-refractivity contribution < 1.29 is 14.3 Å². The van der Waals surface area contributed by atoms with Gasteiger partial charge in [0.05, 0.1) is 14.2 Å². The molecule has 0 atom stereocenters. The third-order valence-corrected chi connectivity index (χ3v) is 4.18. The van der Waals surface area contributed by atoms with Crippen LogP contribution in [0.3, 0.4) is 0 Å². The molecule has 5 nitrogen and oxygen atoms in total. The first-order valence-electron chi connectivity index (χ1n) is 8.39. The van der Waals surface area contributed by atoms with Gasteiger partial charge in [-0.25, -0.2) is 0 Å². The van der Waals surface area contributed by atoms with Crippen LogP contribution in [-0.2, 0) is 13.1 Å². The Morgan fingerprint density at radius 2 is 1.81 bits per heavy atom. The van der Waals surface area contributed by atoms with Crippen molar-refractivity contribution in [1.82, 2.24) is 9.88 Å². The Hall–Kier alpha value is -3.21. The molecule has 3 aromatic rings. The van der Waals surface area contributed by atoms with Gasteiger partial charge in [0, 0.05) is 24.8 Å². The Labute approximate surface area is 153 Å². The van der Waals surface area contributed by atoms with Gasteiger partial charge in [0.1, 0.15) is 17.2 Å². The number of carbonyl (C=O) groups excluding carboxylic acids is 1. The summed E-state index contributed by atoms with van der Waals surface area (Å²) in [5.41, 5.74) is 2.63. The minimum atomic E-state index is -0.129. The number of nitrogens with zero attached hydrogens (tertiary/aromatic N) is 1. The number of aromatic nitrogens is 1. The van der Waals surface area contributed by atoms with Crippen LogP contribution in [0.5, 0.6) is 11.5 Å². The van der Waals surface area contributed by atoms with E-state index in [4.69, 9.17) is 9.47 Å². The zero-order chi connectivity index (χ0) is 18.4. The standard InChI is InChI=1S/C21H22N2O3/c1-25-18-10-11-20(26-2)17(13-18)14-22-21(24)19-9-6-12-23(19)15-16-7-4-3-5-8-16/h3-13H,14-15H2,1-2H3,(H,22,24). The lowest BCUT2D eigenvalue weighted by atomic mass is 10.2. The summed E-state index contributed by atoms with van der Waals surface area (Å²) in [6.07, 6.45) is 1.91. The van der Waals surface area contributed by atoms with Gasteiger partial charge in [0.15, 0.2) is 0 Å². The van der Waals surface area contributed by atoms with Crippen molar-refractivity contribution in [2.24, 2.45) is 0 Å². The molecule has 3 rings (SSSR count). The van der Waals surface area contributed by atoms with Gasteiger partial charge in [-0.05, 0) is 35.9 Å². The molecule has 2 aromatic carbocycles. The molecule has 5 heteroatoms. The molecule has 0 saturated heterocycles. The second-order valence-electron chi connectivity index (χ2n) is 5.87. The Balaban J connectivity index is 1.71. The largest absolute Gasteiger partial charge is 0.497 e. The summed E-state index contributed by atoms with van der Waals surface area (Å²) in [6.45, 7) is 1.01. The molecule has 134 valence electrons. The zero-order valence-corrected chi connectivity index (χ0v) is 14.9. The van der Waals surface area contributed by atoms with Crippen LogP contribution >= 0.6 is 0 Å². The lowest BCUT2D eigenvalue weighted by Crippen LogP contribution is -2.25. The second-order valence-corrected chi connectivity index (χ2v) is 5.87. The van der Waals surface area contributed by atoms with Gasteiger partial charge in [-0.1, -0.05) is 30.3 Å². The maximum atomic E-state index is 12.6. The molecule has 1 N–H and O–H groups in total. The topological polar surface area (TPSA) is 52.5 Å². The molecular formula is C21H22N2O3. The first kappa shape index (κ1) is 17.6. The van der Waals surface area contributed by atoms with E-state index in [-0.39, 0.29) is 5.91 Å². The molecular weight excluding hydrogens is 328 g/mol. The van der Waals surface area contributed by atoms with E-state index in [0.29, 0.717) is 24.5 Å². The fourth-order valence-electron chi connectivity index (χ4n) is 2.82. The van der Waals surface area contributed by atoms with E-state index in [0.717, 1.165) is 16.9 Å². The highest BCUT2D eigenvalue weighted by molar-refractivity contribution is 5.92. The fraction of sp³-hybridized carbons (Fsp3) is 0.190. The zero-order valence-electron chi connectivity index (χ0n) is 14.9. The van der Waals surface area contributed by atoms with E-state index >= 15 is 0 Å². The van der Waals surface area contributed by atoms with Gasteiger partial charge in [-0.15, -0.1) is 0 Å². The van der Waals surface area contributed by atoms with Crippen LogP contribution in [0.15, 0.2) is 66.9 Å². The number of rotatable bonds is 7. The van der Waals surface area contributed by atoms with E-state index < -0.39 is 0 Å². The third-order valence-electron chi connectivity index (χ3n) is 4.18. The van der Waals surface area contributed by atoms with Crippen LogP contribution in [0.1, 0.15) is 21.6 Å². The number of benzene rings is 2. The van der Waals surface area contributed by atoms with Gasteiger partial charge < -0.3 is 19.4 Å². The molecule has 0 fully saturated rings. The molecule has 26 heavy (non-hydrogen) atoms. The van der Waals surface area contributed by atoms with Crippen LogP contribution in [-0.4, -0.2) is 24.7 Å². The molecule has 0 spiro atoms. The van der Waals surface area contributed by atoms with E-state index in [9.17, 15) is 4.79 Å². The molecule has 0 unspecified atom stereocenters. The minimum absolute atomic E-state index is 0.129. The first-order valence-corrected chi connectivity index (χ1v) is 8.39. The number of hydrogen-bond acceptors (Lipinski definition) is 3. The Bertz CT molecular complexity index is 872. The van der Waals surface area contributed by atoms with Gasteiger partial charge in [0.2, 0.25) is 0 Å². The monoisotopic (exact) mass is 350 g/mol. The van der Waals surface area contributed by atoms with Gasteiger partial charge in [-0.2, -0.15) is 0 Å². The fourth-order valence-corrected chi connectivity index (χ4v) is 2.82. The summed E-state index contributed by atoms with van der Waals surface area (Å²) in [5.74, 6) is 1.31. The Morgan fingerprint density at radius 1 is 1.00 bits per heavy atom. The highest BCUT2D eigenvalue weighted by atomic mass is 16.5. The molecule has 0 aliphatic heterocycles. The van der Waals surface area contributed by atoms with Gasteiger partial charge >= 0.3 is 0 Å². The summed E-state index contributed by atoms with van der Waals surface area (Å²) < 4.78 is 12.5. The van der Waals surface area contributed by atoms with Crippen LogP contribution in [0.2, 0.25) is 0 Å². The quantitative estimate of drug-likeness (QED) is 0.710. The summed E-state index contributed by atoms with van der Waals surface area (Å²) in [7, 11) is 3.22. The van der Waals surface area contributed by atoms with E-state index in [1.54, 1.807) is 14.2 Å². The number of methoxy groups -OCH3 is 2. The maximum Gasteiger partial charge on any atom is 0.268 e. The molecule has 1 heterocycles. The van der Waals surface area contributed by atoms with Crippen LogP contribution in [0.4, 0.5) is 0 Å². The average molecular weight is 350 g/mol. The maximum absolute atomic E-state index is 12.6. The molecule has 0 bridgehead atoms. The van der Waals surface area contributed by atoms with Crippen molar-refractivity contribution in [1.29, 1.82) is 0 Å². The Morgan fingerprint density at radius 3 is 2.54 bits per heavy atom. The minimum Gasteiger partial charge on any atom is -0.497 e. The average Bonchev–Trinajstić information content (AvgIpc) is 3.14. The molecule has 0 radical (unpaired) electrons. The van der Waals surface area contributed by atoms with E-state index in [2.05, 4.69) is 5.32 Å². The molecule has 0 aliphatic rings. The Kier molecular flexibility index (Phi) is 5.59. The lowest BCUT2D eigenvalue weighted by Gasteiger charge is -2.13. The number of amides is 1. The van der Waals surface area contributed by atoms with Gasteiger partial charge in [-0.3, -0.25) is 4.79 Å². The van der Waals surface area contributed by atoms with Crippen molar-refractivity contribution in [2.45, 2.75) is 13.1 Å². The van der Waals surface area contributed by atoms with Crippen molar-refractivity contribution >= 4 is 5.91 Å². The third kappa shape index (κ3) is 4.06. The SMILES string of the molecule is COc1ccc(OC)c(CNC(=O)c2cccn2Cc2ccccc2)c1. The van der Waals surface area contributed by atoms with Gasteiger partial charge in [0.25, 0.3) is 5.91 Å². The number of nitrogens with one attached hydrogen (secondary N) is 1. The molecule has 0 saturated carbocycles. The number of carbonyl (C=O) groups is 1. The summed E-state index contributed by atoms with van der Waals surface area (Å²) in [4.78, 5) is 12.6. The smallest absolute Gasteiger partial charge is 0.268 e. The summed E-state index contributed by atoms with van der Waals surface area (Å²) in [6, 6.07) is 19.3.